The van der Waals surface area contributed by atoms with E-state index in [9.17, 15) is 4.79 Å². The number of aromatic nitrogens is 1. The summed E-state index contributed by atoms with van der Waals surface area (Å²) in [6.45, 7) is 2.47. The highest BCUT2D eigenvalue weighted by atomic mass is 35.5. The summed E-state index contributed by atoms with van der Waals surface area (Å²) in [7, 11) is 0. The molecular formula is C17H15ClN2OS. The molecule has 0 saturated heterocycles. The van der Waals surface area contributed by atoms with Crippen molar-refractivity contribution < 1.29 is 4.79 Å². The summed E-state index contributed by atoms with van der Waals surface area (Å²) in [5.41, 5.74) is 2.17. The van der Waals surface area contributed by atoms with Crippen molar-refractivity contribution in [1.82, 2.24) is 10.3 Å². The van der Waals surface area contributed by atoms with E-state index in [2.05, 4.69) is 16.4 Å². The molecule has 2 aromatic heterocycles. The molecular weight excluding hydrogens is 316 g/mol. The molecule has 112 valence electrons. The Morgan fingerprint density at radius 1 is 1.32 bits per heavy atom. The third kappa shape index (κ3) is 3.29. The molecule has 0 aliphatic rings. The lowest BCUT2D eigenvalue weighted by Gasteiger charge is -2.08. The van der Waals surface area contributed by atoms with Gasteiger partial charge in [0.2, 0.25) is 0 Å². The highest BCUT2D eigenvalue weighted by Crippen LogP contribution is 2.20. The molecule has 0 spiro atoms. The van der Waals surface area contributed by atoms with E-state index in [-0.39, 0.29) is 5.91 Å². The summed E-state index contributed by atoms with van der Waals surface area (Å²) in [6, 6.07) is 11.4. The third-order valence-corrected chi connectivity index (χ3v) is 4.62. The van der Waals surface area contributed by atoms with Gasteiger partial charge in [0.15, 0.2) is 0 Å². The minimum atomic E-state index is -0.0940. The molecule has 3 aromatic rings. The molecule has 0 bridgehead atoms. The number of halogens is 1. The van der Waals surface area contributed by atoms with Crippen molar-refractivity contribution in [3.63, 3.8) is 0 Å². The van der Waals surface area contributed by atoms with Crippen LogP contribution in [0.4, 0.5) is 0 Å². The summed E-state index contributed by atoms with van der Waals surface area (Å²) in [5, 5.41) is 6.51. The van der Waals surface area contributed by atoms with Gasteiger partial charge in [-0.3, -0.25) is 9.78 Å². The summed E-state index contributed by atoms with van der Waals surface area (Å²) in [6.07, 6.45) is 0.843. The van der Waals surface area contributed by atoms with Crippen molar-refractivity contribution in [2.75, 3.05) is 6.54 Å². The Morgan fingerprint density at radius 2 is 2.18 bits per heavy atom. The van der Waals surface area contributed by atoms with E-state index < -0.39 is 0 Å². The zero-order valence-electron chi connectivity index (χ0n) is 12.1. The second kappa shape index (κ2) is 6.46. The SMILES string of the molecule is Cc1nc2ccc(Cl)cc2cc1C(=O)NCCc1cccs1. The van der Waals surface area contributed by atoms with Gasteiger partial charge in [-0.25, -0.2) is 0 Å². The van der Waals surface area contributed by atoms with Crippen LogP contribution in [0.2, 0.25) is 5.02 Å². The predicted molar refractivity (Wildman–Crippen MR) is 91.8 cm³/mol. The van der Waals surface area contributed by atoms with Crippen molar-refractivity contribution in [2.45, 2.75) is 13.3 Å². The molecule has 1 N–H and O–H groups in total. The van der Waals surface area contributed by atoms with E-state index in [4.69, 9.17) is 11.6 Å². The number of pyridine rings is 1. The number of benzene rings is 1. The number of nitrogens with one attached hydrogen (secondary N) is 1. The van der Waals surface area contributed by atoms with Crippen LogP contribution in [0.25, 0.3) is 10.9 Å². The number of aryl methyl sites for hydroxylation is 1. The first-order valence-electron chi connectivity index (χ1n) is 7.01. The third-order valence-electron chi connectivity index (χ3n) is 3.45. The maximum Gasteiger partial charge on any atom is 0.253 e. The number of thiophene rings is 1. The lowest BCUT2D eigenvalue weighted by Crippen LogP contribution is -2.26. The smallest absolute Gasteiger partial charge is 0.253 e. The maximum atomic E-state index is 12.3. The molecule has 2 heterocycles. The van der Waals surface area contributed by atoms with Crippen LogP contribution in [0, 0.1) is 6.92 Å². The van der Waals surface area contributed by atoms with Gasteiger partial charge >= 0.3 is 0 Å². The molecule has 0 unspecified atom stereocenters. The van der Waals surface area contributed by atoms with Gasteiger partial charge in [0.25, 0.3) is 5.91 Å². The van der Waals surface area contributed by atoms with Gasteiger partial charge in [0.05, 0.1) is 16.8 Å². The van der Waals surface area contributed by atoms with Crippen LogP contribution in [-0.4, -0.2) is 17.4 Å². The van der Waals surface area contributed by atoms with Crippen LogP contribution in [0.15, 0.2) is 41.8 Å². The van der Waals surface area contributed by atoms with Gasteiger partial charge in [-0.2, -0.15) is 0 Å². The largest absolute Gasteiger partial charge is 0.352 e. The van der Waals surface area contributed by atoms with Crippen LogP contribution in [0.3, 0.4) is 0 Å². The minimum Gasteiger partial charge on any atom is -0.352 e. The van der Waals surface area contributed by atoms with Crippen LogP contribution in [-0.2, 0) is 6.42 Å². The number of carbonyl (C=O) groups is 1. The Balaban J connectivity index is 1.76. The van der Waals surface area contributed by atoms with E-state index in [1.54, 1.807) is 17.4 Å². The van der Waals surface area contributed by atoms with Gasteiger partial charge in [0.1, 0.15) is 0 Å². The highest BCUT2D eigenvalue weighted by Gasteiger charge is 2.11. The predicted octanol–water partition coefficient (Wildman–Crippen LogP) is 4.23. The van der Waals surface area contributed by atoms with Crippen molar-refractivity contribution in [1.29, 1.82) is 0 Å². The molecule has 3 nitrogen and oxygen atoms in total. The van der Waals surface area contributed by atoms with Gasteiger partial charge in [-0.05, 0) is 49.1 Å². The van der Waals surface area contributed by atoms with Crippen molar-refractivity contribution in [2.24, 2.45) is 0 Å². The highest BCUT2D eigenvalue weighted by molar-refractivity contribution is 7.09. The molecule has 22 heavy (non-hydrogen) atoms. The number of carbonyl (C=O) groups excluding carboxylic acids is 1. The summed E-state index contributed by atoms with van der Waals surface area (Å²) < 4.78 is 0. The lowest BCUT2D eigenvalue weighted by atomic mass is 10.1. The topological polar surface area (TPSA) is 42.0 Å². The van der Waals surface area contributed by atoms with E-state index >= 15 is 0 Å². The van der Waals surface area contributed by atoms with E-state index in [0.717, 1.165) is 23.0 Å². The zero-order chi connectivity index (χ0) is 15.5. The van der Waals surface area contributed by atoms with E-state index in [0.29, 0.717) is 17.1 Å². The van der Waals surface area contributed by atoms with Crippen molar-refractivity contribution in [3.05, 3.63) is 62.9 Å². The number of rotatable bonds is 4. The fraction of sp³-hybridized carbons (Fsp3) is 0.176. The second-order valence-electron chi connectivity index (χ2n) is 5.04. The van der Waals surface area contributed by atoms with Crippen molar-refractivity contribution in [3.8, 4) is 0 Å². The summed E-state index contributed by atoms with van der Waals surface area (Å²) in [5.74, 6) is -0.0940. The van der Waals surface area contributed by atoms with E-state index in [1.165, 1.54) is 4.88 Å². The van der Waals surface area contributed by atoms with Gasteiger partial charge in [-0.15, -0.1) is 11.3 Å². The van der Waals surface area contributed by atoms with E-state index in [1.807, 2.05) is 36.6 Å². The molecule has 0 aliphatic carbocycles. The Labute approximate surface area is 138 Å². The van der Waals surface area contributed by atoms with Gasteiger partial charge < -0.3 is 5.32 Å². The number of hydrogen-bond acceptors (Lipinski definition) is 3. The molecule has 0 atom stereocenters. The molecule has 0 saturated carbocycles. The first kappa shape index (κ1) is 15.0. The second-order valence-corrected chi connectivity index (χ2v) is 6.51. The first-order valence-corrected chi connectivity index (χ1v) is 8.27. The number of fused-ring (bicyclic) bond motifs is 1. The molecule has 0 fully saturated rings. The summed E-state index contributed by atoms with van der Waals surface area (Å²) in [4.78, 5) is 18.1. The van der Waals surface area contributed by atoms with Crippen molar-refractivity contribution >= 4 is 39.7 Å². The van der Waals surface area contributed by atoms with Crippen LogP contribution in [0.1, 0.15) is 20.9 Å². The molecule has 1 amide bonds. The average molecular weight is 331 g/mol. The fourth-order valence-electron chi connectivity index (χ4n) is 2.32. The molecule has 1 aromatic carbocycles. The first-order chi connectivity index (χ1) is 10.6. The number of amides is 1. The Morgan fingerprint density at radius 3 is 2.95 bits per heavy atom. The van der Waals surface area contributed by atoms with Crippen LogP contribution < -0.4 is 5.32 Å². The molecule has 0 radical (unpaired) electrons. The standard InChI is InChI=1S/C17H15ClN2OS/c1-11-15(10-12-9-13(18)4-5-16(12)20-11)17(21)19-7-6-14-3-2-8-22-14/h2-5,8-10H,6-7H2,1H3,(H,19,21). The number of nitrogens with zero attached hydrogens (tertiary/aromatic N) is 1. The summed E-state index contributed by atoms with van der Waals surface area (Å²) >= 11 is 7.70. The van der Waals surface area contributed by atoms with Crippen LogP contribution >= 0.6 is 22.9 Å². The Hall–Kier alpha value is -1.91. The Bertz CT molecular complexity index is 815. The monoisotopic (exact) mass is 330 g/mol. The van der Waals surface area contributed by atoms with Gasteiger partial charge in [-0.1, -0.05) is 17.7 Å². The van der Waals surface area contributed by atoms with Gasteiger partial charge in [0, 0.05) is 21.8 Å². The normalized spacial score (nSPS) is 10.8. The maximum absolute atomic E-state index is 12.3. The quantitative estimate of drug-likeness (QED) is 0.777. The fourth-order valence-corrected chi connectivity index (χ4v) is 3.21. The minimum absolute atomic E-state index is 0.0940. The molecule has 5 heteroatoms. The Kier molecular flexibility index (Phi) is 4.41. The number of hydrogen-bond donors (Lipinski definition) is 1. The zero-order valence-corrected chi connectivity index (χ0v) is 13.7. The lowest BCUT2D eigenvalue weighted by molar-refractivity contribution is 0.0953. The molecule has 3 rings (SSSR count). The average Bonchev–Trinajstić information content (AvgIpc) is 3.00. The van der Waals surface area contributed by atoms with Crippen LogP contribution in [0.5, 0.6) is 0 Å². The molecule has 0 aliphatic heterocycles.